The van der Waals surface area contributed by atoms with Gasteiger partial charge in [-0.05, 0) is 12.8 Å². The van der Waals surface area contributed by atoms with Crippen LogP contribution in [0.3, 0.4) is 0 Å². The number of nitrogens with two attached hydrogens (primary N) is 1. The topological polar surface area (TPSA) is 61.3 Å². The Morgan fingerprint density at radius 1 is 1.62 bits per heavy atom. The number of rotatable bonds is 3. The summed E-state index contributed by atoms with van der Waals surface area (Å²) in [7, 11) is 0. The number of aromatic nitrogens is 1. The SMILES string of the molecule is NCc1ncoc1CC1CCCO1. The third-order valence-electron chi connectivity index (χ3n) is 2.36. The molecule has 0 spiro atoms. The minimum absolute atomic E-state index is 0.304. The standard InChI is InChI=1S/C9H14N2O2/c10-5-8-9(13-6-11-8)4-7-2-1-3-12-7/h6-7H,1-5,10H2. The highest BCUT2D eigenvalue weighted by Crippen LogP contribution is 2.18. The van der Waals surface area contributed by atoms with E-state index in [-0.39, 0.29) is 0 Å². The van der Waals surface area contributed by atoms with Crippen molar-refractivity contribution in [3.05, 3.63) is 17.8 Å². The van der Waals surface area contributed by atoms with E-state index in [1.807, 2.05) is 0 Å². The van der Waals surface area contributed by atoms with Crippen LogP contribution in [-0.4, -0.2) is 17.7 Å². The smallest absolute Gasteiger partial charge is 0.181 e. The van der Waals surface area contributed by atoms with Crippen LogP contribution in [-0.2, 0) is 17.7 Å². The molecule has 4 nitrogen and oxygen atoms in total. The molecular formula is C9H14N2O2. The fourth-order valence-electron chi connectivity index (χ4n) is 1.64. The Morgan fingerprint density at radius 3 is 3.23 bits per heavy atom. The maximum absolute atomic E-state index is 5.51. The van der Waals surface area contributed by atoms with Gasteiger partial charge in [-0.2, -0.15) is 0 Å². The molecule has 2 rings (SSSR count). The number of hydrogen-bond acceptors (Lipinski definition) is 4. The van der Waals surface area contributed by atoms with Crippen molar-refractivity contribution in [3.8, 4) is 0 Å². The lowest BCUT2D eigenvalue weighted by atomic mass is 10.1. The molecule has 1 saturated heterocycles. The van der Waals surface area contributed by atoms with E-state index in [4.69, 9.17) is 14.9 Å². The van der Waals surface area contributed by atoms with Gasteiger partial charge in [0.2, 0.25) is 0 Å². The minimum Gasteiger partial charge on any atom is -0.448 e. The Bertz CT molecular complexity index is 266. The third kappa shape index (κ3) is 1.89. The minimum atomic E-state index is 0.304. The van der Waals surface area contributed by atoms with E-state index < -0.39 is 0 Å². The van der Waals surface area contributed by atoms with Crippen molar-refractivity contribution in [2.75, 3.05) is 6.61 Å². The lowest BCUT2D eigenvalue weighted by Gasteiger charge is -2.06. The van der Waals surface area contributed by atoms with E-state index in [0.717, 1.165) is 37.3 Å². The summed E-state index contributed by atoms with van der Waals surface area (Å²) in [5.74, 6) is 0.884. The highest BCUT2D eigenvalue weighted by atomic mass is 16.5. The predicted molar refractivity (Wildman–Crippen MR) is 47.1 cm³/mol. The first-order valence-corrected chi connectivity index (χ1v) is 4.63. The first-order chi connectivity index (χ1) is 6.40. The monoisotopic (exact) mass is 182 g/mol. The Morgan fingerprint density at radius 2 is 2.54 bits per heavy atom. The largest absolute Gasteiger partial charge is 0.448 e. The van der Waals surface area contributed by atoms with Crippen molar-refractivity contribution in [1.82, 2.24) is 4.98 Å². The van der Waals surface area contributed by atoms with Crippen LogP contribution in [0.2, 0.25) is 0 Å². The van der Waals surface area contributed by atoms with Crippen LogP contribution in [0.25, 0.3) is 0 Å². The second kappa shape index (κ2) is 3.89. The molecule has 4 heteroatoms. The summed E-state index contributed by atoms with van der Waals surface area (Å²) >= 11 is 0. The Labute approximate surface area is 77.1 Å². The summed E-state index contributed by atoms with van der Waals surface area (Å²) in [5.41, 5.74) is 6.36. The fraction of sp³-hybridized carbons (Fsp3) is 0.667. The molecular weight excluding hydrogens is 168 g/mol. The molecule has 0 amide bonds. The first-order valence-electron chi connectivity index (χ1n) is 4.63. The molecule has 72 valence electrons. The summed E-state index contributed by atoms with van der Waals surface area (Å²) in [6, 6.07) is 0. The molecule has 2 heterocycles. The van der Waals surface area contributed by atoms with E-state index in [1.54, 1.807) is 0 Å². The summed E-state index contributed by atoms with van der Waals surface area (Å²) < 4.78 is 10.7. The highest BCUT2D eigenvalue weighted by molar-refractivity contribution is 5.08. The molecule has 0 aromatic carbocycles. The van der Waals surface area contributed by atoms with Gasteiger partial charge in [-0.25, -0.2) is 4.98 Å². The number of oxazole rings is 1. The van der Waals surface area contributed by atoms with Crippen LogP contribution in [0.15, 0.2) is 10.8 Å². The third-order valence-corrected chi connectivity index (χ3v) is 2.36. The molecule has 1 aliphatic rings. The van der Waals surface area contributed by atoms with Gasteiger partial charge >= 0.3 is 0 Å². The van der Waals surface area contributed by atoms with E-state index in [9.17, 15) is 0 Å². The van der Waals surface area contributed by atoms with Crippen LogP contribution >= 0.6 is 0 Å². The van der Waals surface area contributed by atoms with Crippen molar-refractivity contribution < 1.29 is 9.15 Å². The van der Waals surface area contributed by atoms with E-state index in [1.165, 1.54) is 6.39 Å². The molecule has 1 atom stereocenters. The molecule has 1 aromatic rings. The van der Waals surface area contributed by atoms with E-state index in [2.05, 4.69) is 4.98 Å². The quantitative estimate of drug-likeness (QED) is 0.753. The second-order valence-electron chi connectivity index (χ2n) is 3.27. The molecule has 0 aliphatic carbocycles. The molecule has 1 aromatic heterocycles. The van der Waals surface area contributed by atoms with Gasteiger partial charge in [0.1, 0.15) is 5.76 Å². The Balaban J connectivity index is 1.99. The number of ether oxygens (including phenoxy) is 1. The lowest BCUT2D eigenvalue weighted by molar-refractivity contribution is 0.107. The van der Waals surface area contributed by atoms with Crippen molar-refractivity contribution in [1.29, 1.82) is 0 Å². The van der Waals surface area contributed by atoms with E-state index >= 15 is 0 Å². The average Bonchev–Trinajstić information content (AvgIpc) is 2.76. The van der Waals surface area contributed by atoms with Crippen LogP contribution in [0.4, 0.5) is 0 Å². The Kier molecular flexibility index (Phi) is 2.61. The highest BCUT2D eigenvalue weighted by Gasteiger charge is 2.19. The first kappa shape index (κ1) is 8.72. The summed E-state index contributed by atoms with van der Waals surface area (Å²) in [4.78, 5) is 4.03. The van der Waals surface area contributed by atoms with Crippen molar-refractivity contribution >= 4 is 0 Å². The predicted octanol–water partition coefficient (Wildman–Crippen LogP) is 0.855. The Hall–Kier alpha value is -0.870. The summed E-state index contributed by atoms with van der Waals surface area (Å²) in [6.45, 7) is 1.31. The van der Waals surface area contributed by atoms with Crippen molar-refractivity contribution in [2.24, 2.45) is 5.73 Å². The molecule has 1 unspecified atom stereocenters. The summed E-state index contributed by atoms with van der Waals surface area (Å²) in [5, 5.41) is 0. The zero-order chi connectivity index (χ0) is 9.10. The van der Waals surface area contributed by atoms with Crippen molar-refractivity contribution in [3.63, 3.8) is 0 Å². The molecule has 0 radical (unpaired) electrons. The zero-order valence-electron chi connectivity index (χ0n) is 7.53. The van der Waals surface area contributed by atoms with Crippen LogP contribution < -0.4 is 5.73 Å². The second-order valence-corrected chi connectivity index (χ2v) is 3.27. The van der Waals surface area contributed by atoms with Crippen LogP contribution in [0.5, 0.6) is 0 Å². The number of hydrogen-bond donors (Lipinski definition) is 1. The van der Waals surface area contributed by atoms with Gasteiger partial charge in [0, 0.05) is 19.6 Å². The lowest BCUT2D eigenvalue weighted by Crippen LogP contribution is -2.11. The molecule has 0 saturated carbocycles. The van der Waals surface area contributed by atoms with Gasteiger partial charge in [-0.3, -0.25) is 0 Å². The average molecular weight is 182 g/mol. The van der Waals surface area contributed by atoms with Gasteiger partial charge in [0.25, 0.3) is 0 Å². The zero-order valence-corrected chi connectivity index (χ0v) is 7.53. The van der Waals surface area contributed by atoms with E-state index in [0.29, 0.717) is 12.6 Å². The molecule has 2 N–H and O–H groups in total. The van der Waals surface area contributed by atoms with Crippen LogP contribution in [0, 0.1) is 0 Å². The summed E-state index contributed by atoms with van der Waals surface area (Å²) in [6.07, 6.45) is 4.83. The molecule has 1 fully saturated rings. The van der Waals surface area contributed by atoms with Gasteiger partial charge in [-0.15, -0.1) is 0 Å². The van der Waals surface area contributed by atoms with Gasteiger partial charge in [0.05, 0.1) is 11.8 Å². The maximum Gasteiger partial charge on any atom is 0.181 e. The molecule has 1 aliphatic heterocycles. The van der Waals surface area contributed by atoms with Crippen molar-refractivity contribution in [2.45, 2.75) is 31.9 Å². The normalized spacial score (nSPS) is 22.4. The fourth-order valence-corrected chi connectivity index (χ4v) is 1.64. The van der Waals surface area contributed by atoms with Crippen LogP contribution in [0.1, 0.15) is 24.3 Å². The maximum atomic E-state index is 5.51. The number of nitrogens with zero attached hydrogens (tertiary/aromatic N) is 1. The van der Waals surface area contributed by atoms with Gasteiger partial charge in [0.15, 0.2) is 6.39 Å². The van der Waals surface area contributed by atoms with Gasteiger partial charge < -0.3 is 14.9 Å². The van der Waals surface area contributed by atoms with Gasteiger partial charge in [-0.1, -0.05) is 0 Å². The molecule has 13 heavy (non-hydrogen) atoms. The molecule has 0 bridgehead atoms.